The molecule has 13 heavy (non-hydrogen) atoms. The van der Waals surface area contributed by atoms with E-state index in [1.807, 2.05) is 30.3 Å². The second-order valence-electron chi connectivity index (χ2n) is 3.40. The van der Waals surface area contributed by atoms with Gasteiger partial charge in [0.25, 0.3) is 0 Å². The monoisotopic (exact) mass is 196 g/mol. The number of hydrogen-bond acceptors (Lipinski definition) is 1. The van der Waals surface area contributed by atoms with Crippen molar-refractivity contribution in [3.63, 3.8) is 0 Å². The Bertz CT molecular complexity index is 265. The van der Waals surface area contributed by atoms with E-state index in [1.54, 1.807) is 0 Å². The molecular weight excluding hydrogens is 184 g/mol. The van der Waals surface area contributed by atoms with Crippen LogP contribution in [-0.2, 0) is 9.80 Å². The first-order valence-corrected chi connectivity index (χ1v) is 5.07. The van der Waals surface area contributed by atoms with Crippen molar-refractivity contribution in [3.05, 3.63) is 35.9 Å². The molecule has 1 saturated heterocycles. The fraction of sp³-hybridized carbons (Fsp3) is 0.455. The van der Waals surface area contributed by atoms with Crippen LogP contribution in [0.1, 0.15) is 24.8 Å². The second-order valence-corrected chi connectivity index (χ2v) is 4.01. The number of benzene rings is 1. The lowest BCUT2D eigenvalue weighted by atomic mass is 10.0. The normalized spacial score (nSPS) is 28.7. The highest BCUT2D eigenvalue weighted by Gasteiger charge is 2.32. The summed E-state index contributed by atoms with van der Waals surface area (Å²) in [5.74, 6) is 0. The SMILES string of the molecule is ClC1(c2ccccc2)CCCCO1. The predicted octanol–water partition coefficient (Wildman–Crippen LogP) is 3.28. The largest absolute Gasteiger partial charge is 0.356 e. The zero-order chi connectivity index (χ0) is 9.15. The number of halogens is 1. The molecule has 1 aliphatic heterocycles. The summed E-state index contributed by atoms with van der Waals surface area (Å²) >= 11 is 6.38. The van der Waals surface area contributed by atoms with Gasteiger partial charge in [-0.3, -0.25) is 0 Å². The zero-order valence-corrected chi connectivity index (χ0v) is 8.26. The molecule has 0 bridgehead atoms. The van der Waals surface area contributed by atoms with Gasteiger partial charge in [-0.25, -0.2) is 0 Å². The molecule has 1 nitrogen and oxygen atoms in total. The summed E-state index contributed by atoms with van der Waals surface area (Å²) in [5.41, 5.74) is 1.08. The lowest BCUT2D eigenvalue weighted by Gasteiger charge is -2.31. The Kier molecular flexibility index (Phi) is 2.56. The molecule has 1 atom stereocenters. The predicted molar refractivity (Wildman–Crippen MR) is 53.8 cm³/mol. The Morgan fingerprint density at radius 1 is 1.15 bits per heavy atom. The summed E-state index contributed by atoms with van der Waals surface area (Å²) in [6, 6.07) is 10.0. The molecule has 1 aliphatic rings. The van der Waals surface area contributed by atoms with Crippen molar-refractivity contribution < 1.29 is 4.74 Å². The van der Waals surface area contributed by atoms with Gasteiger partial charge in [0, 0.05) is 6.61 Å². The van der Waals surface area contributed by atoms with E-state index in [0.717, 1.165) is 31.4 Å². The summed E-state index contributed by atoms with van der Waals surface area (Å²) in [4.78, 5) is 0. The van der Waals surface area contributed by atoms with Crippen LogP contribution in [-0.4, -0.2) is 6.61 Å². The molecule has 2 rings (SSSR count). The molecule has 1 fully saturated rings. The van der Waals surface area contributed by atoms with Crippen molar-refractivity contribution in [2.75, 3.05) is 6.61 Å². The van der Waals surface area contributed by atoms with E-state index >= 15 is 0 Å². The Balaban J connectivity index is 2.23. The number of rotatable bonds is 1. The molecule has 1 unspecified atom stereocenters. The van der Waals surface area contributed by atoms with E-state index in [-0.39, 0.29) is 0 Å². The number of alkyl halides is 1. The highest BCUT2D eigenvalue weighted by Crippen LogP contribution is 2.38. The van der Waals surface area contributed by atoms with Crippen LogP contribution in [0.2, 0.25) is 0 Å². The first-order chi connectivity index (χ1) is 6.31. The molecule has 0 spiro atoms. The smallest absolute Gasteiger partial charge is 0.167 e. The van der Waals surface area contributed by atoms with E-state index in [1.165, 1.54) is 0 Å². The first kappa shape index (κ1) is 9.04. The summed E-state index contributed by atoms with van der Waals surface area (Å²) in [5, 5.41) is -0.556. The van der Waals surface area contributed by atoms with Crippen molar-refractivity contribution >= 4 is 11.6 Å². The van der Waals surface area contributed by atoms with Crippen LogP contribution in [0.25, 0.3) is 0 Å². The van der Waals surface area contributed by atoms with E-state index < -0.39 is 5.06 Å². The molecule has 1 aromatic carbocycles. The molecule has 0 aliphatic carbocycles. The van der Waals surface area contributed by atoms with Gasteiger partial charge in [-0.1, -0.05) is 41.9 Å². The third kappa shape index (κ3) is 1.87. The minimum atomic E-state index is -0.556. The van der Waals surface area contributed by atoms with Gasteiger partial charge >= 0.3 is 0 Å². The van der Waals surface area contributed by atoms with Gasteiger partial charge in [0.05, 0.1) is 0 Å². The van der Waals surface area contributed by atoms with Crippen LogP contribution >= 0.6 is 11.6 Å². The highest BCUT2D eigenvalue weighted by atomic mass is 35.5. The van der Waals surface area contributed by atoms with Crippen LogP contribution in [0.3, 0.4) is 0 Å². The molecule has 1 aromatic rings. The van der Waals surface area contributed by atoms with Gasteiger partial charge in [0.2, 0.25) is 0 Å². The lowest BCUT2D eigenvalue weighted by Crippen LogP contribution is -2.27. The van der Waals surface area contributed by atoms with Gasteiger partial charge in [-0.2, -0.15) is 0 Å². The van der Waals surface area contributed by atoms with E-state index in [2.05, 4.69) is 0 Å². The molecule has 0 N–H and O–H groups in total. The number of ether oxygens (including phenoxy) is 1. The maximum absolute atomic E-state index is 6.38. The maximum atomic E-state index is 6.38. The Labute approximate surface area is 83.7 Å². The van der Waals surface area contributed by atoms with Gasteiger partial charge in [-0.15, -0.1) is 0 Å². The summed E-state index contributed by atoms with van der Waals surface area (Å²) in [6.45, 7) is 0.776. The second kappa shape index (κ2) is 3.69. The molecule has 0 aromatic heterocycles. The molecule has 2 heteroatoms. The highest BCUT2D eigenvalue weighted by molar-refractivity contribution is 6.23. The first-order valence-electron chi connectivity index (χ1n) is 4.70. The molecule has 0 radical (unpaired) electrons. The molecule has 1 heterocycles. The fourth-order valence-electron chi connectivity index (χ4n) is 1.68. The van der Waals surface area contributed by atoms with E-state index in [0.29, 0.717) is 0 Å². The van der Waals surface area contributed by atoms with Gasteiger partial charge in [-0.05, 0) is 24.8 Å². The van der Waals surface area contributed by atoms with Crippen LogP contribution in [0, 0.1) is 0 Å². The van der Waals surface area contributed by atoms with E-state index in [9.17, 15) is 0 Å². The average Bonchev–Trinajstić information content (AvgIpc) is 2.20. The molecule has 0 amide bonds. The van der Waals surface area contributed by atoms with E-state index in [4.69, 9.17) is 16.3 Å². The van der Waals surface area contributed by atoms with Crippen molar-refractivity contribution in [1.29, 1.82) is 0 Å². The minimum absolute atomic E-state index is 0.556. The minimum Gasteiger partial charge on any atom is -0.356 e. The fourth-order valence-corrected chi connectivity index (χ4v) is 2.01. The van der Waals surface area contributed by atoms with Crippen LogP contribution < -0.4 is 0 Å². The third-order valence-electron chi connectivity index (χ3n) is 2.43. The van der Waals surface area contributed by atoms with Gasteiger partial charge in [0.15, 0.2) is 5.06 Å². The average molecular weight is 197 g/mol. The molecule has 0 saturated carbocycles. The summed E-state index contributed by atoms with van der Waals surface area (Å²) < 4.78 is 5.62. The molecule has 70 valence electrons. The van der Waals surface area contributed by atoms with Gasteiger partial charge in [0.1, 0.15) is 0 Å². The van der Waals surface area contributed by atoms with Crippen LogP contribution in [0.4, 0.5) is 0 Å². The standard InChI is InChI=1S/C11H13ClO/c12-11(8-4-5-9-13-11)10-6-2-1-3-7-10/h1-3,6-7H,4-5,8-9H2. The maximum Gasteiger partial charge on any atom is 0.167 e. The Morgan fingerprint density at radius 3 is 2.54 bits per heavy atom. The van der Waals surface area contributed by atoms with Crippen molar-refractivity contribution in [2.45, 2.75) is 24.3 Å². The Morgan fingerprint density at radius 2 is 1.92 bits per heavy atom. The number of hydrogen-bond donors (Lipinski definition) is 0. The van der Waals surface area contributed by atoms with Crippen LogP contribution in [0.15, 0.2) is 30.3 Å². The third-order valence-corrected chi connectivity index (χ3v) is 2.94. The van der Waals surface area contributed by atoms with Gasteiger partial charge < -0.3 is 4.74 Å². The summed E-state index contributed by atoms with van der Waals surface area (Å²) in [6.07, 6.45) is 3.19. The molecular formula is C11H13ClO. The van der Waals surface area contributed by atoms with Crippen molar-refractivity contribution in [2.24, 2.45) is 0 Å². The lowest BCUT2D eigenvalue weighted by molar-refractivity contribution is -0.0203. The van der Waals surface area contributed by atoms with Crippen molar-refractivity contribution in [3.8, 4) is 0 Å². The van der Waals surface area contributed by atoms with Crippen molar-refractivity contribution in [1.82, 2.24) is 0 Å². The Hall–Kier alpha value is -0.530. The topological polar surface area (TPSA) is 9.23 Å². The van der Waals surface area contributed by atoms with Crippen LogP contribution in [0.5, 0.6) is 0 Å². The zero-order valence-electron chi connectivity index (χ0n) is 7.50. The summed E-state index contributed by atoms with van der Waals surface area (Å²) in [7, 11) is 0. The quantitative estimate of drug-likeness (QED) is 0.627.